The van der Waals surface area contributed by atoms with Gasteiger partial charge in [0.05, 0.1) is 19.6 Å². The van der Waals surface area contributed by atoms with E-state index in [2.05, 4.69) is 10.9 Å². The summed E-state index contributed by atoms with van der Waals surface area (Å²) in [6.07, 6.45) is -3.29. The number of hydrogen-bond acceptors (Lipinski definition) is 13. The Morgan fingerprint density at radius 2 is 1.29 bits per heavy atom. The fourth-order valence-corrected chi connectivity index (χ4v) is 3.15. The van der Waals surface area contributed by atoms with E-state index in [1.54, 1.807) is 55.4 Å². The third kappa shape index (κ3) is 14.0. The maximum Gasteiger partial charge on any atom is 0.513 e. The molecule has 0 aliphatic carbocycles. The Labute approximate surface area is 245 Å². The summed E-state index contributed by atoms with van der Waals surface area (Å²) in [5.41, 5.74) is 2.20. The number of hydrazine groups is 1. The second-order valence-electron chi connectivity index (χ2n) is 11.1. The smallest absolute Gasteiger partial charge is 0.464 e. The molecule has 236 valence electrons. The molecule has 1 atom stereocenters. The molecule has 1 amide bonds. The quantitative estimate of drug-likeness (QED) is 0.150. The molecule has 14 nitrogen and oxygen atoms in total. The predicted octanol–water partition coefficient (Wildman–Crippen LogP) is 4.36. The molecule has 0 aromatic heterocycles. The van der Waals surface area contributed by atoms with Crippen LogP contribution in [-0.2, 0) is 39.7 Å². The minimum atomic E-state index is -1.63. The largest absolute Gasteiger partial charge is 0.513 e. The highest BCUT2D eigenvalue weighted by atomic mass is 16.7. The summed E-state index contributed by atoms with van der Waals surface area (Å²) in [7, 11) is 0. The van der Waals surface area contributed by atoms with Gasteiger partial charge in [0.1, 0.15) is 23.3 Å². The van der Waals surface area contributed by atoms with Crippen LogP contribution < -0.4 is 20.3 Å². The molecule has 0 fully saturated rings. The molecule has 0 radical (unpaired) electrons. The van der Waals surface area contributed by atoms with Gasteiger partial charge in [0.2, 0.25) is 0 Å². The van der Waals surface area contributed by atoms with Gasteiger partial charge in [-0.15, -0.1) is 0 Å². The highest BCUT2D eigenvalue weighted by Gasteiger charge is 2.37. The molecular formula is C28H42N2O12. The van der Waals surface area contributed by atoms with Gasteiger partial charge in [0.15, 0.2) is 11.5 Å². The van der Waals surface area contributed by atoms with E-state index in [1.807, 2.05) is 0 Å². The number of rotatable bonds is 12. The van der Waals surface area contributed by atoms with Crippen LogP contribution in [0.5, 0.6) is 11.5 Å². The van der Waals surface area contributed by atoms with Crippen molar-refractivity contribution in [3.8, 4) is 11.5 Å². The molecule has 2 N–H and O–H groups in total. The van der Waals surface area contributed by atoms with Crippen LogP contribution in [0.3, 0.4) is 0 Å². The van der Waals surface area contributed by atoms with E-state index in [1.165, 1.54) is 25.1 Å². The average molecular weight is 599 g/mol. The molecule has 1 aromatic rings. The first-order chi connectivity index (χ1) is 19.4. The Hall–Kier alpha value is -4.07. The first kappa shape index (κ1) is 36.0. The van der Waals surface area contributed by atoms with E-state index < -0.39 is 47.1 Å². The molecular weight excluding hydrogens is 556 g/mol. The molecule has 0 aliphatic heterocycles. The lowest BCUT2D eigenvalue weighted by Crippen LogP contribution is -2.59. The number of nitrogens with one attached hydrogen (secondary N) is 2. The van der Waals surface area contributed by atoms with Gasteiger partial charge in [-0.2, -0.15) is 0 Å². The lowest BCUT2D eigenvalue weighted by atomic mass is 9.93. The Balaban J connectivity index is 3.25. The zero-order chi connectivity index (χ0) is 32.1. The van der Waals surface area contributed by atoms with E-state index in [0.29, 0.717) is 5.56 Å². The predicted molar refractivity (Wildman–Crippen MR) is 148 cm³/mol. The van der Waals surface area contributed by atoms with Crippen LogP contribution in [0.15, 0.2) is 18.2 Å². The zero-order valence-corrected chi connectivity index (χ0v) is 25.7. The summed E-state index contributed by atoms with van der Waals surface area (Å²) >= 11 is 0. The number of amides is 1. The molecule has 0 saturated carbocycles. The van der Waals surface area contributed by atoms with Crippen LogP contribution in [0, 0.1) is 0 Å². The van der Waals surface area contributed by atoms with Crippen LogP contribution in [0.2, 0.25) is 0 Å². The van der Waals surface area contributed by atoms with E-state index in [9.17, 15) is 24.0 Å². The molecule has 42 heavy (non-hydrogen) atoms. The molecule has 0 heterocycles. The summed E-state index contributed by atoms with van der Waals surface area (Å²) in [5, 5.41) is 0. The zero-order valence-electron chi connectivity index (χ0n) is 25.7. The molecule has 0 spiro atoms. The van der Waals surface area contributed by atoms with Crippen LogP contribution in [-0.4, -0.2) is 66.9 Å². The average Bonchev–Trinajstić information content (AvgIpc) is 2.82. The highest BCUT2D eigenvalue weighted by molar-refractivity contribution is 5.82. The van der Waals surface area contributed by atoms with Crippen LogP contribution in [0.25, 0.3) is 0 Å². The summed E-state index contributed by atoms with van der Waals surface area (Å²) in [6, 6.07) is 4.16. The molecule has 0 aliphatic rings. The van der Waals surface area contributed by atoms with Gasteiger partial charge in [-0.05, 0) is 80.0 Å². The number of ether oxygens (including phenoxy) is 7. The third-order valence-corrected chi connectivity index (χ3v) is 4.73. The number of benzene rings is 1. The van der Waals surface area contributed by atoms with Gasteiger partial charge >= 0.3 is 30.3 Å². The van der Waals surface area contributed by atoms with Gasteiger partial charge in [-0.3, -0.25) is 10.2 Å². The van der Waals surface area contributed by atoms with Gasteiger partial charge in [0, 0.05) is 6.42 Å². The van der Waals surface area contributed by atoms with Crippen LogP contribution >= 0.6 is 0 Å². The van der Waals surface area contributed by atoms with Crippen LogP contribution in [0.1, 0.15) is 74.3 Å². The Morgan fingerprint density at radius 3 is 1.81 bits per heavy atom. The standard InChI is InChI=1S/C28H42N2O12/c1-10-36-24(34)39-19-13-12-18(16-20(19)40-25(35)37-11-2)17-28(9,30-29-23(33)42-27(6,7)8)22(32)38-15-14-21(31)41-26(3,4)5/h12-13,16,30H,10-11,14-15,17H2,1-9H3,(H,29,33). The normalized spacial score (nSPS) is 12.7. The maximum atomic E-state index is 13.2. The summed E-state index contributed by atoms with van der Waals surface area (Å²) in [4.78, 5) is 61.5. The number of carbonyl (C=O) groups is 5. The maximum absolute atomic E-state index is 13.2. The Bertz CT molecular complexity index is 1110. The molecule has 0 bridgehead atoms. The van der Waals surface area contributed by atoms with Gasteiger partial charge in [-0.1, -0.05) is 6.07 Å². The monoisotopic (exact) mass is 598 g/mol. The number of hydrogen-bond donors (Lipinski definition) is 2. The number of carbonyl (C=O) groups excluding carboxylic acids is 5. The molecule has 1 unspecified atom stereocenters. The number of esters is 2. The lowest BCUT2D eigenvalue weighted by molar-refractivity contribution is -0.159. The van der Waals surface area contributed by atoms with E-state index in [4.69, 9.17) is 33.2 Å². The summed E-state index contributed by atoms with van der Waals surface area (Å²) in [6.45, 7) is 14.5. The second kappa shape index (κ2) is 15.8. The van der Waals surface area contributed by atoms with Crippen molar-refractivity contribution in [2.24, 2.45) is 0 Å². The molecule has 1 aromatic carbocycles. The summed E-state index contributed by atoms with van der Waals surface area (Å²) < 4.78 is 35.7. The van der Waals surface area contributed by atoms with Crippen molar-refractivity contribution < 1.29 is 57.1 Å². The minimum Gasteiger partial charge on any atom is -0.464 e. The van der Waals surface area contributed by atoms with Crippen molar-refractivity contribution in [2.75, 3.05) is 19.8 Å². The van der Waals surface area contributed by atoms with E-state index >= 15 is 0 Å². The molecule has 1 rings (SSSR count). The highest BCUT2D eigenvalue weighted by Crippen LogP contribution is 2.31. The van der Waals surface area contributed by atoms with Crippen molar-refractivity contribution in [1.29, 1.82) is 0 Å². The third-order valence-electron chi connectivity index (χ3n) is 4.73. The van der Waals surface area contributed by atoms with Gasteiger partial charge < -0.3 is 33.2 Å². The first-order valence-electron chi connectivity index (χ1n) is 13.3. The Kier molecular flexibility index (Phi) is 13.5. The van der Waals surface area contributed by atoms with Crippen molar-refractivity contribution in [3.63, 3.8) is 0 Å². The SMILES string of the molecule is CCOC(=O)Oc1ccc(CC(C)(NNC(=O)OC(C)(C)C)C(=O)OCCC(=O)OC(C)(C)C)cc1OC(=O)OCC. The second-order valence-corrected chi connectivity index (χ2v) is 11.1. The fraction of sp³-hybridized carbons (Fsp3) is 0.607. The molecule has 0 saturated heterocycles. The lowest BCUT2D eigenvalue weighted by Gasteiger charge is -2.30. The van der Waals surface area contributed by atoms with Crippen molar-refractivity contribution in [2.45, 2.75) is 91.9 Å². The van der Waals surface area contributed by atoms with Crippen LogP contribution in [0.4, 0.5) is 14.4 Å². The van der Waals surface area contributed by atoms with Crippen molar-refractivity contribution in [1.82, 2.24) is 10.9 Å². The fourth-order valence-electron chi connectivity index (χ4n) is 3.15. The van der Waals surface area contributed by atoms with E-state index in [0.717, 1.165) is 0 Å². The topological polar surface area (TPSA) is 174 Å². The van der Waals surface area contributed by atoms with Gasteiger partial charge in [0.25, 0.3) is 0 Å². The first-order valence-corrected chi connectivity index (χ1v) is 13.3. The Morgan fingerprint density at radius 1 is 0.738 bits per heavy atom. The van der Waals surface area contributed by atoms with Crippen molar-refractivity contribution >= 4 is 30.3 Å². The summed E-state index contributed by atoms with van der Waals surface area (Å²) in [5.74, 6) is -1.73. The van der Waals surface area contributed by atoms with Gasteiger partial charge in [-0.25, -0.2) is 24.6 Å². The molecule has 14 heteroatoms. The minimum absolute atomic E-state index is 0.0278. The van der Waals surface area contributed by atoms with Crippen molar-refractivity contribution in [3.05, 3.63) is 23.8 Å². The van der Waals surface area contributed by atoms with E-state index in [-0.39, 0.29) is 44.2 Å².